The van der Waals surface area contributed by atoms with Crippen LogP contribution in [0, 0.1) is 10.1 Å². The Morgan fingerprint density at radius 3 is 2.44 bits per heavy atom. The van der Waals surface area contributed by atoms with Crippen molar-refractivity contribution in [3.63, 3.8) is 0 Å². The Morgan fingerprint density at radius 2 is 1.78 bits per heavy atom. The number of benzene rings is 3. The number of amides is 1. The maximum atomic E-state index is 12.8. The Morgan fingerprint density at radius 1 is 1.03 bits per heavy atom. The van der Waals surface area contributed by atoms with E-state index in [-0.39, 0.29) is 38.3 Å². The molecule has 0 aliphatic rings. The smallest absolute Gasteiger partial charge is 0.270 e. The lowest BCUT2D eigenvalue weighted by atomic mass is 10.2. The first-order valence-corrected chi connectivity index (χ1v) is 11.1. The van der Waals surface area contributed by atoms with E-state index in [0.29, 0.717) is 5.02 Å². The highest BCUT2D eigenvalue weighted by atomic mass is 35.5. The summed E-state index contributed by atoms with van der Waals surface area (Å²) in [6.45, 7) is 0. The van der Waals surface area contributed by atoms with Crippen LogP contribution in [0.1, 0.15) is 10.4 Å². The van der Waals surface area contributed by atoms with E-state index in [2.05, 4.69) is 10.0 Å². The number of nitrogens with one attached hydrogen (secondary N) is 2. The maximum absolute atomic E-state index is 12.8. The minimum atomic E-state index is -4.19. The fourth-order valence-electron chi connectivity index (χ4n) is 2.67. The van der Waals surface area contributed by atoms with Gasteiger partial charge in [0.2, 0.25) is 0 Å². The van der Waals surface area contributed by atoms with E-state index < -0.39 is 20.9 Å². The van der Waals surface area contributed by atoms with Crippen molar-refractivity contribution < 1.29 is 22.9 Å². The van der Waals surface area contributed by atoms with Crippen molar-refractivity contribution in [2.45, 2.75) is 4.90 Å². The first-order valence-electron chi connectivity index (χ1n) is 8.82. The van der Waals surface area contributed by atoms with Crippen molar-refractivity contribution in [1.82, 2.24) is 0 Å². The molecule has 0 fully saturated rings. The van der Waals surface area contributed by atoms with Crippen molar-refractivity contribution in [2.24, 2.45) is 0 Å². The SMILES string of the molecule is COc1ccc(NC(=O)c2ccc(Cl)c(Cl)c2)cc1NS(=O)(=O)c1cccc([N+](=O)[O-])c1. The van der Waals surface area contributed by atoms with Gasteiger partial charge in [0.25, 0.3) is 21.6 Å². The van der Waals surface area contributed by atoms with E-state index in [1.807, 2.05) is 0 Å². The number of hydrogen-bond acceptors (Lipinski definition) is 6. The van der Waals surface area contributed by atoms with Gasteiger partial charge in [-0.3, -0.25) is 19.6 Å². The lowest BCUT2D eigenvalue weighted by molar-refractivity contribution is -0.385. The summed E-state index contributed by atoms with van der Waals surface area (Å²) in [6, 6.07) is 13.3. The predicted octanol–water partition coefficient (Wildman–Crippen LogP) is 4.96. The van der Waals surface area contributed by atoms with Gasteiger partial charge >= 0.3 is 0 Å². The molecule has 166 valence electrons. The summed E-state index contributed by atoms with van der Waals surface area (Å²) in [5.41, 5.74) is 0.154. The van der Waals surface area contributed by atoms with Crippen LogP contribution in [0.25, 0.3) is 0 Å². The number of hydrogen-bond donors (Lipinski definition) is 2. The minimum Gasteiger partial charge on any atom is -0.495 e. The number of methoxy groups -OCH3 is 1. The third-order valence-electron chi connectivity index (χ3n) is 4.22. The fourth-order valence-corrected chi connectivity index (χ4v) is 4.07. The van der Waals surface area contributed by atoms with Crippen LogP contribution in [0.4, 0.5) is 17.1 Å². The predicted molar refractivity (Wildman–Crippen MR) is 121 cm³/mol. The Kier molecular flexibility index (Phi) is 6.87. The summed E-state index contributed by atoms with van der Waals surface area (Å²) >= 11 is 11.8. The zero-order chi connectivity index (χ0) is 23.5. The van der Waals surface area contributed by atoms with Gasteiger partial charge in [0.15, 0.2) is 0 Å². The van der Waals surface area contributed by atoms with Crippen molar-refractivity contribution >= 4 is 56.2 Å². The molecule has 12 heteroatoms. The molecule has 0 bridgehead atoms. The molecule has 2 N–H and O–H groups in total. The van der Waals surface area contributed by atoms with Gasteiger partial charge < -0.3 is 10.1 Å². The third kappa shape index (κ3) is 5.28. The summed E-state index contributed by atoms with van der Waals surface area (Å²) in [4.78, 5) is 22.5. The number of nitro groups is 1. The van der Waals surface area contributed by atoms with E-state index in [4.69, 9.17) is 27.9 Å². The van der Waals surface area contributed by atoms with Gasteiger partial charge in [-0.25, -0.2) is 8.42 Å². The molecule has 0 radical (unpaired) electrons. The number of carbonyl (C=O) groups excluding carboxylic acids is 1. The molecule has 0 aromatic heterocycles. The molecule has 9 nitrogen and oxygen atoms in total. The summed E-state index contributed by atoms with van der Waals surface area (Å²) < 4.78 is 33.0. The molecule has 0 saturated carbocycles. The largest absolute Gasteiger partial charge is 0.495 e. The van der Waals surface area contributed by atoms with Gasteiger partial charge in [-0.15, -0.1) is 0 Å². The van der Waals surface area contributed by atoms with Crippen LogP contribution in [0.15, 0.2) is 65.6 Å². The van der Waals surface area contributed by atoms with E-state index in [0.717, 1.165) is 6.07 Å². The van der Waals surface area contributed by atoms with Gasteiger partial charge in [0.05, 0.1) is 32.7 Å². The molecule has 0 heterocycles. The molecule has 0 atom stereocenters. The molecule has 1 amide bonds. The van der Waals surface area contributed by atoms with Crippen LogP contribution in [0.2, 0.25) is 10.0 Å². The first-order chi connectivity index (χ1) is 15.1. The molecule has 0 unspecified atom stereocenters. The van der Waals surface area contributed by atoms with Crippen LogP contribution in [0.3, 0.4) is 0 Å². The van der Waals surface area contributed by atoms with Crippen molar-refractivity contribution in [3.8, 4) is 5.75 Å². The van der Waals surface area contributed by atoms with Gasteiger partial charge in [0, 0.05) is 23.4 Å². The van der Waals surface area contributed by atoms with Crippen molar-refractivity contribution in [3.05, 3.63) is 86.4 Å². The zero-order valence-electron chi connectivity index (χ0n) is 16.3. The van der Waals surface area contributed by atoms with Crippen LogP contribution < -0.4 is 14.8 Å². The second-order valence-corrected chi connectivity index (χ2v) is 8.85. The van der Waals surface area contributed by atoms with Gasteiger partial charge in [-0.05, 0) is 42.5 Å². The maximum Gasteiger partial charge on any atom is 0.270 e. The number of sulfonamides is 1. The quantitative estimate of drug-likeness (QED) is 0.352. The molecule has 0 saturated heterocycles. The number of anilines is 2. The second kappa shape index (κ2) is 9.43. The first kappa shape index (κ1) is 23.3. The molecule has 3 rings (SSSR count). The summed E-state index contributed by atoms with van der Waals surface area (Å²) in [5, 5.41) is 14.1. The second-order valence-electron chi connectivity index (χ2n) is 6.36. The highest BCUT2D eigenvalue weighted by molar-refractivity contribution is 7.92. The number of ether oxygens (including phenoxy) is 1. The summed E-state index contributed by atoms with van der Waals surface area (Å²) in [5.74, 6) is -0.326. The van der Waals surface area contributed by atoms with E-state index in [1.165, 1.54) is 61.7 Å². The van der Waals surface area contributed by atoms with Crippen LogP contribution in [-0.2, 0) is 10.0 Å². The number of non-ortho nitro benzene ring substituents is 1. The Labute approximate surface area is 193 Å². The normalized spacial score (nSPS) is 11.0. The van der Waals surface area contributed by atoms with Gasteiger partial charge in [0.1, 0.15) is 5.75 Å². The van der Waals surface area contributed by atoms with Gasteiger partial charge in [-0.1, -0.05) is 29.3 Å². The standard InChI is InChI=1S/C20H15Cl2N3O6S/c1-31-19-8-6-13(23-20(26)12-5-7-16(21)17(22)9-12)10-18(19)24-32(29,30)15-4-2-3-14(11-15)25(27)28/h2-11,24H,1H3,(H,23,26). The Balaban J connectivity index is 1.89. The average Bonchev–Trinajstić information content (AvgIpc) is 2.75. The van der Waals surface area contributed by atoms with E-state index >= 15 is 0 Å². The van der Waals surface area contributed by atoms with Crippen molar-refractivity contribution in [1.29, 1.82) is 0 Å². The number of rotatable bonds is 7. The zero-order valence-corrected chi connectivity index (χ0v) is 18.7. The summed E-state index contributed by atoms with van der Waals surface area (Å²) in [6.07, 6.45) is 0. The lowest BCUT2D eigenvalue weighted by Crippen LogP contribution is -2.15. The van der Waals surface area contributed by atoms with Crippen molar-refractivity contribution in [2.75, 3.05) is 17.1 Å². The molecule has 32 heavy (non-hydrogen) atoms. The van der Waals surface area contributed by atoms with E-state index in [1.54, 1.807) is 0 Å². The molecule has 0 aliphatic heterocycles. The number of nitro benzene ring substituents is 1. The van der Waals surface area contributed by atoms with E-state index in [9.17, 15) is 23.3 Å². The monoisotopic (exact) mass is 495 g/mol. The van der Waals surface area contributed by atoms with Crippen LogP contribution in [0.5, 0.6) is 5.75 Å². The molecular formula is C20H15Cl2N3O6S. The Bertz CT molecular complexity index is 1310. The molecule has 0 spiro atoms. The highest BCUT2D eigenvalue weighted by Crippen LogP contribution is 2.31. The number of carbonyl (C=O) groups is 1. The Hall–Kier alpha value is -3.34. The van der Waals surface area contributed by atoms with Crippen LogP contribution in [-0.4, -0.2) is 26.4 Å². The molecule has 0 aliphatic carbocycles. The molecular weight excluding hydrogens is 481 g/mol. The number of halogens is 2. The lowest BCUT2D eigenvalue weighted by Gasteiger charge is -2.14. The fraction of sp³-hybridized carbons (Fsp3) is 0.0500. The molecule has 3 aromatic carbocycles. The topological polar surface area (TPSA) is 128 Å². The van der Waals surface area contributed by atoms with Crippen LogP contribution >= 0.6 is 23.2 Å². The minimum absolute atomic E-state index is 0.0194. The average molecular weight is 496 g/mol. The highest BCUT2D eigenvalue weighted by Gasteiger charge is 2.20. The molecule has 3 aromatic rings. The third-order valence-corrected chi connectivity index (χ3v) is 6.32. The van der Waals surface area contributed by atoms with Gasteiger partial charge in [-0.2, -0.15) is 0 Å². The summed E-state index contributed by atoms with van der Waals surface area (Å²) in [7, 11) is -2.85. The number of nitrogens with zero attached hydrogens (tertiary/aromatic N) is 1.